The highest BCUT2D eigenvalue weighted by molar-refractivity contribution is 7.17. The number of allylic oxidation sites excluding steroid dienone is 2. The predicted molar refractivity (Wildman–Crippen MR) is 115 cm³/mol. The minimum absolute atomic E-state index is 0.105. The molecular weight excluding hydrogens is 426 g/mol. The second-order valence-electron chi connectivity index (χ2n) is 7.57. The van der Waals surface area contributed by atoms with Crippen LogP contribution in [0.15, 0.2) is 36.4 Å². The first-order chi connectivity index (χ1) is 14.3. The second kappa shape index (κ2) is 7.89. The number of hydrogen-bond acceptors (Lipinski definition) is 5. The first-order valence-corrected chi connectivity index (χ1v) is 10.7. The lowest BCUT2D eigenvalue weighted by molar-refractivity contribution is -0.146. The summed E-state index contributed by atoms with van der Waals surface area (Å²) in [5, 5.41) is 13.3. The van der Waals surface area contributed by atoms with Gasteiger partial charge >= 0.3 is 11.9 Å². The Morgan fingerprint density at radius 2 is 1.90 bits per heavy atom. The molecule has 2 aliphatic carbocycles. The summed E-state index contributed by atoms with van der Waals surface area (Å²) in [6.45, 7) is 1.85. The second-order valence-corrected chi connectivity index (χ2v) is 9.23. The van der Waals surface area contributed by atoms with E-state index in [0.717, 1.165) is 10.4 Å². The molecule has 1 heterocycles. The summed E-state index contributed by atoms with van der Waals surface area (Å²) in [5.41, 5.74) is 1.64. The average molecular weight is 446 g/mol. The van der Waals surface area contributed by atoms with Crippen LogP contribution in [0.1, 0.15) is 21.7 Å². The molecule has 8 heteroatoms. The van der Waals surface area contributed by atoms with Crippen molar-refractivity contribution in [3.63, 3.8) is 0 Å². The highest BCUT2D eigenvalue weighted by Crippen LogP contribution is 2.49. The highest BCUT2D eigenvalue weighted by Gasteiger charge is 2.51. The van der Waals surface area contributed by atoms with Crippen LogP contribution in [0.25, 0.3) is 11.1 Å². The molecule has 2 N–H and O–H groups in total. The number of nitrogens with one attached hydrogen (secondary N) is 1. The Morgan fingerprint density at radius 3 is 2.53 bits per heavy atom. The first-order valence-electron chi connectivity index (χ1n) is 9.51. The molecule has 30 heavy (non-hydrogen) atoms. The SMILES string of the molecule is COC(=O)c1c(NC(=O)[C@H]2[C@@H](C(=O)O)[C@H]3C=C[C@@H]2C3)sc(C)c1-c1cccc(Cl)c1. The van der Waals surface area contributed by atoms with E-state index in [9.17, 15) is 19.5 Å². The number of carboxylic acids is 1. The van der Waals surface area contributed by atoms with Gasteiger partial charge in [0.15, 0.2) is 0 Å². The number of ether oxygens (including phenoxy) is 1. The summed E-state index contributed by atoms with van der Waals surface area (Å²) < 4.78 is 4.98. The average Bonchev–Trinajstić information content (AvgIpc) is 3.40. The molecule has 1 fully saturated rings. The Kier molecular flexibility index (Phi) is 5.42. The molecule has 156 valence electrons. The standard InChI is InChI=1S/C22H20ClNO5S/c1-10-15(11-4-3-5-14(23)9-11)18(22(28)29-2)20(30-10)24-19(25)16-12-6-7-13(8-12)17(16)21(26)27/h3-7,9,12-13,16-17H,8H2,1-2H3,(H,24,25)(H,26,27)/t12-,13+,16-,17+/m1/s1. The van der Waals surface area contributed by atoms with E-state index in [0.29, 0.717) is 22.0 Å². The van der Waals surface area contributed by atoms with Crippen LogP contribution in [0.4, 0.5) is 5.00 Å². The molecule has 2 bridgehead atoms. The van der Waals surface area contributed by atoms with Crippen LogP contribution in [0, 0.1) is 30.6 Å². The molecule has 0 spiro atoms. The number of hydrogen-bond donors (Lipinski definition) is 2. The lowest BCUT2D eigenvalue weighted by atomic mass is 9.82. The summed E-state index contributed by atoms with van der Waals surface area (Å²) in [6, 6.07) is 7.10. The third-order valence-electron chi connectivity index (χ3n) is 5.87. The van der Waals surface area contributed by atoms with Gasteiger partial charge in [-0.2, -0.15) is 0 Å². The topological polar surface area (TPSA) is 92.7 Å². The smallest absolute Gasteiger partial charge is 0.341 e. The Labute approximate surface area is 182 Å². The number of carbonyl (C=O) groups excluding carboxylic acids is 2. The Bertz CT molecular complexity index is 1080. The molecular formula is C22H20ClNO5S. The molecule has 4 atom stereocenters. The van der Waals surface area contributed by atoms with Gasteiger partial charge in [0.25, 0.3) is 0 Å². The van der Waals surface area contributed by atoms with E-state index >= 15 is 0 Å². The molecule has 6 nitrogen and oxygen atoms in total. The predicted octanol–water partition coefficient (Wildman–Crippen LogP) is 4.62. The Hall–Kier alpha value is -2.64. The number of thiophene rings is 1. The zero-order chi connectivity index (χ0) is 21.6. The number of aryl methyl sites for hydroxylation is 1. The maximum atomic E-state index is 13.1. The number of benzene rings is 1. The number of esters is 1. The van der Waals surface area contributed by atoms with Gasteiger partial charge in [0.05, 0.1) is 18.9 Å². The first kappa shape index (κ1) is 20.6. The molecule has 1 saturated carbocycles. The molecule has 0 unspecified atom stereocenters. The lowest BCUT2D eigenvalue weighted by Crippen LogP contribution is -2.36. The molecule has 4 rings (SSSR count). The molecule has 1 aromatic carbocycles. The monoisotopic (exact) mass is 445 g/mol. The van der Waals surface area contributed by atoms with Gasteiger partial charge in [0, 0.05) is 15.5 Å². The molecule has 2 aliphatic rings. The number of anilines is 1. The van der Waals surface area contributed by atoms with Gasteiger partial charge in [-0.1, -0.05) is 35.9 Å². The minimum Gasteiger partial charge on any atom is -0.481 e. The van der Waals surface area contributed by atoms with Crippen molar-refractivity contribution in [3.05, 3.63) is 51.9 Å². The van der Waals surface area contributed by atoms with Crippen molar-refractivity contribution in [2.75, 3.05) is 12.4 Å². The summed E-state index contributed by atoms with van der Waals surface area (Å²) in [7, 11) is 1.28. The van der Waals surface area contributed by atoms with Crippen LogP contribution >= 0.6 is 22.9 Å². The molecule has 0 radical (unpaired) electrons. The number of methoxy groups -OCH3 is 1. The number of rotatable bonds is 5. The van der Waals surface area contributed by atoms with Crippen LogP contribution < -0.4 is 5.32 Å². The third kappa shape index (κ3) is 3.42. The van der Waals surface area contributed by atoms with Crippen LogP contribution in [-0.2, 0) is 14.3 Å². The van der Waals surface area contributed by atoms with Gasteiger partial charge in [-0.25, -0.2) is 4.79 Å². The van der Waals surface area contributed by atoms with Gasteiger partial charge in [0.2, 0.25) is 5.91 Å². The van der Waals surface area contributed by atoms with E-state index in [1.807, 2.05) is 25.1 Å². The van der Waals surface area contributed by atoms with E-state index in [4.69, 9.17) is 16.3 Å². The number of carbonyl (C=O) groups is 3. The lowest BCUT2D eigenvalue weighted by Gasteiger charge is -2.23. The van der Waals surface area contributed by atoms with E-state index in [2.05, 4.69) is 5.32 Å². The summed E-state index contributed by atoms with van der Waals surface area (Å²) >= 11 is 7.39. The van der Waals surface area contributed by atoms with Crippen molar-refractivity contribution in [2.45, 2.75) is 13.3 Å². The van der Waals surface area contributed by atoms with Crippen LogP contribution in [0.3, 0.4) is 0 Å². The summed E-state index contributed by atoms with van der Waals surface area (Å²) in [5.74, 6) is -3.59. The number of aliphatic carboxylic acids is 1. The number of fused-ring (bicyclic) bond motifs is 2. The Morgan fingerprint density at radius 1 is 1.20 bits per heavy atom. The van der Waals surface area contributed by atoms with E-state index < -0.39 is 23.8 Å². The van der Waals surface area contributed by atoms with Crippen molar-refractivity contribution in [1.82, 2.24) is 0 Å². The van der Waals surface area contributed by atoms with E-state index in [1.54, 1.807) is 18.2 Å². The van der Waals surface area contributed by atoms with E-state index in [-0.39, 0.29) is 23.3 Å². The van der Waals surface area contributed by atoms with E-state index in [1.165, 1.54) is 18.4 Å². The normalized spacial score (nSPS) is 24.1. The van der Waals surface area contributed by atoms with Crippen LogP contribution in [0.5, 0.6) is 0 Å². The molecule has 2 aromatic rings. The fourth-order valence-corrected chi connectivity index (χ4v) is 5.89. The van der Waals surface area contributed by atoms with Crippen molar-refractivity contribution in [2.24, 2.45) is 23.7 Å². The maximum absolute atomic E-state index is 13.1. The fourth-order valence-electron chi connectivity index (χ4n) is 4.63. The molecule has 1 aromatic heterocycles. The highest BCUT2D eigenvalue weighted by atomic mass is 35.5. The third-order valence-corrected chi connectivity index (χ3v) is 7.13. The van der Waals surface area contributed by atoms with Crippen molar-refractivity contribution in [1.29, 1.82) is 0 Å². The van der Waals surface area contributed by atoms with Gasteiger partial charge in [-0.3, -0.25) is 9.59 Å². The van der Waals surface area contributed by atoms with Crippen molar-refractivity contribution >= 4 is 45.8 Å². The molecule has 1 amide bonds. The largest absolute Gasteiger partial charge is 0.481 e. The van der Waals surface area contributed by atoms with Gasteiger partial charge in [0.1, 0.15) is 10.6 Å². The van der Waals surface area contributed by atoms with Crippen molar-refractivity contribution < 1.29 is 24.2 Å². The number of carboxylic acid groups (broad SMARTS) is 1. The van der Waals surface area contributed by atoms with Gasteiger partial charge in [-0.15, -0.1) is 11.3 Å². The summed E-state index contributed by atoms with van der Waals surface area (Å²) in [6.07, 6.45) is 4.47. The van der Waals surface area contributed by atoms with Crippen LogP contribution in [0.2, 0.25) is 5.02 Å². The number of halogens is 1. The fraction of sp³-hybridized carbons (Fsp3) is 0.318. The maximum Gasteiger partial charge on any atom is 0.341 e. The van der Waals surface area contributed by atoms with Gasteiger partial charge in [-0.05, 0) is 42.9 Å². The Balaban J connectivity index is 1.72. The minimum atomic E-state index is -0.970. The zero-order valence-electron chi connectivity index (χ0n) is 16.3. The van der Waals surface area contributed by atoms with Crippen LogP contribution in [-0.4, -0.2) is 30.1 Å². The molecule has 0 aliphatic heterocycles. The quantitative estimate of drug-likeness (QED) is 0.517. The summed E-state index contributed by atoms with van der Waals surface area (Å²) in [4.78, 5) is 38.3. The van der Waals surface area contributed by atoms with Gasteiger partial charge < -0.3 is 15.2 Å². The van der Waals surface area contributed by atoms with Crippen molar-refractivity contribution in [3.8, 4) is 11.1 Å². The molecule has 0 saturated heterocycles. The number of amides is 1. The zero-order valence-corrected chi connectivity index (χ0v) is 17.9.